The van der Waals surface area contributed by atoms with Crippen LogP contribution in [-0.2, 0) is 15.9 Å². The number of hydrogen-bond donors (Lipinski definition) is 0. The minimum Gasteiger partial charge on any atom is -0.374 e. The summed E-state index contributed by atoms with van der Waals surface area (Å²) in [6.07, 6.45) is 6.03. The van der Waals surface area contributed by atoms with Gasteiger partial charge in [-0.25, -0.2) is 0 Å². The van der Waals surface area contributed by atoms with E-state index in [9.17, 15) is 0 Å². The molecule has 3 unspecified atom stereocenters. The van der Waals surface area contributed by atoms with Gasteiger partial charge in [0, 0.05) is 6.61 Å². The van der Waals surface area contributed by atoms with Gasteiger partial charge in [0.05, 0.1) is 18.3 Å². The summed E-state index contributed by atoms with van der Waals surface area (Å²) < 4.78 is 11.2. The Morgan fingerprint density at radius 3 is 2.72 bits per heavy atom. The van der Waals surface area contributed by atoms with Crippen molar-refractivity contribution in [3.05, 3.63) is 48.6 Å². The molecular weight excluding hydrogens is 224 g/mol. The Labute approximate surface area is 110 Å². The van der Waals surface area contributed by atoms with Gasteiger partial charge in [-0.05, 0) is 31.7 Å². The normalized spacial score (nSPS) is 23.6. The molecule has 0 bridgehead atoms. The lowest BCUT2D eigenvalue weighted by Gasteiger charge is -2.06. The molecule has 98 valence electrons. The van der Waals surface area contributed by atoms with Gasteiger partial charge in [-0.1, -0.05) is 36.4 Å². The van der Waals surface area contributed by atoms with Crippen molar-refractivity contribution in [1.29, 1.82) is 0 Å². The molecule has 18 heavy (non-hydrogen) atoms. The third kappa shape index (κ3) is 4.28. The number of aryl methyl sites for hydroxylation is 1. The first-order valence-corrected chi connectivity index (χ1v) is 6.73. The van der Waals surface area contributed by atoms with Gasteiger partial charge in [0.2, 0.25) is 0 Å². The highest BCUT2D eigenvalue weighted by atomic mass is 16.6. The van der Waals surface area contributed by atoms with Crippen LogP contribution in [0.3, 0.4) is 0 Å². The number of epoxide rings is 1. The molecule has 3 atom stereocenters. The average molecular weight is 246 g/mol. The second-order valence-corrected chi connectivity index (χ2v) is 4.84. The van der Waals surface area contributed by atoms with Crippen LogP contribution in [-0.4, -0.2) is 24.9 Å². The fourth-order valence-corrected chi connectivity index (χ4v) is 2.08. The van der Waals surface area contributed by atoms with E-state index in [-0.39, 0.29) is 6.10 Å². The molecule has 0 radical (unpaired) electrons. The first kappa shape index (κ1) is 13.3. The Morgan fingerprint density at radius 1 is 1.28 bits per heavy atom. The molecule has 1 aromatic rings. The zero-order valence-electron chi connectivity index (χ0n) is 11.0. The van der Waals surface area contributed by atoms with Crippen LogP contribution in [0.25, 0.3) is 0 Å². The first-order chi connectivity index (χ1) is 8.79. The van der Waals surface area contributed by atoms with E-state index < -0.39 is 0 Å². The minimum absolute atomic E-state index is 0.145. The molecule has 1 aliphatic rings. The van der Waals surface area contributed by atoms with Crippen molar-refractivity contribution in [2.45, 2.75) is 44.5 Å². The van der Waals surface area contributed by atoms with Gasteiger partial charge in [0.1, 0.15) is 0 Å². The van der Waals surface area contributed by atoms with Gasteiger partial charge < -0.3 is 9.47 Å². The molecule has 1 heterocycles. The zero-order chi connectivity index (χ0) is 12.8. The van der Waals surface area contributed by atoms with Crippen LogP contribution in [0.5, 0.6) is 0 Å². The van der Waals surface area contributed by atoms with Crippen LogP contribution in [0.15, 0.2) is 43.0 Å². The summed E-state index contributed by atoms with van der Waals surface area (Å²) in [6, 6.07) is 10.6. The predicted octanol–water partition coefficient (Wildman–Crippen LogP) is 3.37. The SMILES string of the molecule is C=CC(C)OCCC1OC1CCc1ccccc1. The number of ether oxygens (including phenoxy) is 2. The molecule has 0 amide bonds. The maximum atomic E-state index is 5.65. The summed E-state index contributed by atoms with van der Waals surface area (Å²) in [4.78, 5) is 0. The Kier molecular flexibility index (Phi) is 4.97. The molecule has 2 heteroatoms. The van der Waals surface area contributed by atoms with Crippen LogP contribution < -0.4 is 0 Å². The summed E-state index contributed by atoms with van der Waals surface area (Å²) in [5, 5.41) is 0. The van der Waals surface area contributed by atoms with Crippen molar-refractivity contribution in [3.8, 4) is 0 Å². The van der Waals surface area contributed by atoms with Gasteiger partial charge >= 0.3 is 0 Å². The maximum Gasteiger partial charge on any atom is 0.0863 e. The summed E-state index contributed by atoms with van der Waals surface area (Å²) in [7, 11) is 0. The van der Waals surface area contributed by atoms with Crippen molar-refractivity contribution in [2.24, 2.45) is 0 Å². The van der Waals surface area contributed by atoms with Crippen LogP contribution >= 0.6 is 0 Å². The molecule has 1 aromatic carbocycles. The lowest BCUT2D eigenvalue weighted by molar-refractivity contribution is 0.0910. The van der Waals surface area contributed by atoms with Gasteiger partial charge in [-0.15, -0.1) is 6.58 Å². The number of hydrogen-bond acceptors (Lipinski definition) is 2. The van der Waals surface area contributed by atoms with Gasteiger partial charge in [-0.3, -0.25) is 0 Å². The van der Waals surface area contributed by atoms with E-state index in [1.165, 1.54) is 5.56 Å². The van der Waals surface area contributed by atoms with Crippen molar-refractivity contribution in [3.63, 3.8) is 0 Å². The minimum atomic E-state index is 0.145. The highest BCUT2D eigenvalue weighted by Gasteiger charge is 2.37. The largest absolute Gasteiger partial charge is 0.374 e. The fraction of sp³-hybridized carbons (Fsp3) is 0.500. The average Bonchev–Trinajstić information content (AvgIpc) is 3.16. The third-order valence-electron chi connectivity index (χ3n) is 3.36. The van der Waals surface area contributed by atoms with Crippen molar-refractivity contribution in [2.75, 3.05) is 6.61 Å². The van der Waals surface area contributed by atoms with E-state index in [2.05, 4.69) is 36.9 Å². The van der Waals surface area contributed by atoms with Gasteiger partial charge in [0.25, 0.3) is 0 Å². The maximum absolute atomic E-state index is 5.65. The summed E-state index contributed by atoms with van der Waals surface area (Å²) >= 11 is 0. The highest BCUT2D eigenvalue weighted by Crippen LogP contribution is 2.29. The first-order valence-electron chi connectivity index (χ1n) is 6.73. The van der Waals surface area contributed by atoms with E-state index in [0.29, 0.717) is 12.2 Å². The van der Waals surface area contributed by atoms with Crippen LogP contribution in [0.1, 0.15) is 25.3 Å². The number of rotatable bonds is 8. The molecule has 2 rings (SSSR count). The molecule has 2 nitrogen and oxygen atoms in total. The van der Waals surface area contributed by atoms with E-state index in [0.717, 1.165) is 25.9 Å². The standard InChI is InChI=1S/C16H22O2/c1-3-13(2)17-12-11-16-15(18-16)10-9-14-7-5-4-6-8-14/h3-8,13,15-16H,1,9-12H2,2H3. The van der Waals surface area contributed by atoms with Gasteiger partial charge in [0.15, 0.2) is 0 Å². The van der Waals surface area contributed by atoms with Crippen LogP contribution in [0.2, 0.25) is 0 Å². The van der Waals surface area contributed by atoms with Crippen molar-refractivity contribution < 1.29 is 9.47 Å². The Bertz CT molecular complexity index is 361. The van der Waals surface area contributed by atoms with Crippen molar-refractivity contribution in [1.82, 2.24) is 0 Å². The quantitative estimate of drug-likeness (QED) is 0.518. The smallest absolute Gasteiger partial charge is 0.0863 e. The van der Waals surface area contributed by atoms with Crippen LogP contribution in [0.4, 0.5) is 0 Å². The highest BCUT2D eigenvalue weighted by molar-refractivity contribution is 5.15. The van der Waals surface area contributed by atoms with Crippen LogP contribution in [0, 0.1) is 0 Å². The summed E-state index contributed by atoms with van der Waals surface area (Å²) in [6.45, 7) is 6.47. The van der Waals surface area contributed by atoms with E-state index in [1.807, 2.05) is 13.0 Å². The van der Waals surface area contributed by atoms with E-state index >= 15 is 0 Å². The Hall–Kier alpha value is -1.12. The second-order valence-electron chi connectivity index (χ2n) is 4.84. The molecule has 0 aliphatic carbocycles. The predicted molar refractivity (Wildman–Crippen MR) is 73.7 cm³/mol. The topological polar surface area (TPSA) is 21.8 Å². The third-order valence-corrected chi connectivity index (χ3v) is 3.36. The molecule has 1 fully saturated rings. The molecule has 0 saturated carbocycles. The monoisotopic (exact) mass is 246 g/mol. The molecule has 0 aromatic heterocycles. The van der Waals surface area contributed by atoms with Gasteiger partial charge in [-0.2, -0.15) is 0 Å². The summed E-state index contributed by atoms with van der Waals surface area (Å²) in [5.74, 6) is 0. The Balaban J connectivity index is 1.57. The Morgan fingerprint density at radius 2 is 2.00 bits per heavy atom. The molecule has 1 aliphatic heterocycles. The fourth-order valence-electron chi connectivity index (χ4n) is 2.08. The lowest BCUT2D eigenvalue weighted by Crippen LogP contribution is -2.08. The lowest BCUT2D eigenvalue weighted by atomic mass is 10.1. The number of benzene rings is 1. The molecular formula is C16H22O2. The molecule has 0 N–H and O–H groups in total. The second kappa shape index (κ2) is 6.72. The zero-order valence-corrected chi connectivity index (χ0v) is 11.0. The molecule has 1 saturated heterocycles. The van der Waals surface area contributed by atoms with E-state index in [4.69, 9.17) is 9.47 Å². The van der Waals surface area contributed by atoms with Crippen molar-refractivity contribution >= 4 is 0 Å². The summed E-state index contributed by atoms with van der Waals surface area (Å²) in [5.41, 5.74) is 1.39. The molecule has 0 spiro atoms. The van der Waals surface area contributed by atoms with E-state index in [1.54, 1.807) is 0 Å².